The van der Waals surface area contributed by atoms with Crippen molar-refractivity contribution >= 4 is 18.2 Å². The van der Waals surface area contributed by atoms with Crippen LogP contribution < -0.4 is 25.4 Å². The van der Waals surface area contributed by atoms with Gasteiger partial charge in [-0.2, -0.15) is 5.10 Å². The summed E-state index contributed by atoms with van der Waals surface area (Å²) >= 11 is 0. The molecule has 2 amide bonds. The first kappa shape index (κ1) is 20.8. The van der Waals surface area contributed by atoms with E-state index in [1.807, 2.05) is 13.8 Å². The number of hydrazone groups is 1. The normalized spacial score (nSPS) is 10.5. The number of hydrogen-bond acceptors (Lipinski definition) is 6. The van der Waals surface area contributed by atoms with Gasteiger partial charge < -0.3 is 19.9 Å². The summed E-state index contributed by atoms with van der Waals surface area (Å²) < 4.78 is 16.5. The van der Waals surface area contributed by atoms with Gasteiger partial charge in [0, 0.05) is 0 Å². The van der Waals surface area contributed by atoms with E-state index >= 15 is 0 Å². The topological polar surface area (TPSA) is 112 Å². The average molecular weight is 385 g/mol. The molecule has 0 aliphatic rings. The number of urea groups is 1. The van der Waals surface area contributed by atoms with E-state index in [9.17, 15) is 9.59 Å². The van der Waals surface area contributed by atoms with Crippen molar-refractivity contribution in [2.45, 2.75) is 20.3 Å². The van der Waals surface area contributed by atoms with E-state index in [1.54, 1.807) is 42.5 Å². The van der Waals surface area contributed by atoms with Gasteiger partial charge in [0.15, 0.2) is 11.5 Å². The van der Waals surface area contributed by atoms with E-state index < -0.39 is 12.0 Å². The van der Waals surface area contributed by atoms with Gasteiger partial charge in [0.2, 0.25) is 0 Å². The summed E-state index contributed by atoms with van der Waals surface area (Å²) in [6, 6.07) is 10.9. The molecular formula is C20H23N3O5. The van der Waals surface area contributed by atoms with Crippen molar-refractivity contribution in [1.82, 2.24) is 5.43 Å². The van der Waals surface area contributed by atoms with E-state index in [0.29, 0.717) is 35.8 Å². The molecular weight excluding hydrogens is 362 g/mol. The molecule has 3 N–H and O–H groups in total. The van der Waals surface area contributed by atoms with Crippen molar-refractivity contribution in [1.29, 1.82) is 0 Å². The minimum Gasteiger partial charge on any atom is -0.494 e. The number of ether oxygens (including phenoxy) is 3. The highest BCUT2D eigenvalue weighted by Crippen LogP contribution is 2.29. The lowest BCUT2D eigenvalue weighted by Crippen LogP contribution is -2.24. The summed E-state index contributed by atoms with van der Waals surface area (Å²) in [6.45, 7) is 4.84. The Morgan fingerprint density at radius 3 is 2.46 bits per heavy atom. The smallest absolute Gasteiger partial charge is 0.343 e. The standard InChI is InChI=1S/C20H23N3O5/c1-3-11-27-16-8-6-15(7-9-16)19(24)28-17-10-5-14(12-18(17)26-4-2)13-22-23-20(21)25/h5-10,12-13H,3-4,11H2,1-2H3,(H3,21,23,25)/b22-13+. The number of carbonyl (C=O) groups excluding carboxylic acids is 2. The van der Waals surface area contributed by atoms with E-state index in [4.69, 9.17) is 19.9 Å². The minimum absolute atomic E-state index is 0.276. The summed E-state index contributed by atoms with van der Waals surface area (Å²) in [5.74, 6) is 0.835. The van der Waals surface area contributed by atoms with E-state index in [1.165, 1.54) is 6.21 Å². The number of nitrogens with two attached hydrogens (primary N) is 1. The van der Waals surface area contributed by atoms with Crippen LogP contribution in [0, 0.1) is 0 Å². The van der Waals surface area contributed by atoms with Crippen molar-refractivity contribution in [3.8, 4) is 17.2 Å². The number of nitrogens with one attached hydrogen (secondary N) is 1. The summed E-state index contributed by atoms with van der Waals surface area (Å²) in [5.41, 5.74) is 8.08. The Kier molecular flexibility index (Phi) is 7.83. The predicted molar refractivity (Wildman–Crippen MR) is 105 cm³/mol. The Morgan fingerprint density at radius 2 is 1.82 bits per heavy atom. The second kappa shape index (κ2) is 10.6. The molecule has 2 rings (SSSR count). The van der Waals surface area contributed by atoms with Crippen LogP contribution in [-0.2, 0) is 0 Å². The Hall–Kier alpha value is -3.55. The largest absolute Gasteiger partial charge is 0.494 e. The zero-order valence-electron chi connectivity index (χ0n) is 15.8. The van der Waals surface area contributed by atoms with Crippen LogP contribution >= 0.6 is 0 Å². The van der Waals surface area contributed by atoms with Crippen LogP contribution in [0.25, 0.3) is 0 Å². The first-order chi connectivity index (χ1) is 13.5. The quantitative estimate of drug-likeness (QED) is 0.298. The lowest BCUT2D eigenvalue weighted by atomic mass is 10.2. The Balaban J connectivity index is 2.11. The third-order valence-electron chi connectivity index (χ3n) is 3.42. The molecule has 0 heterocycles. The Labute approximate surface area is 163 Å². The van der Waals surface area contributed by atoms with Crippen LogP contribution in [0.15, 0.2) is 47.6 Å². The number of amides is 2. The van der Waals surface area contributed by atoms with Crippen LogP contribution in [0.2, 0.25) is 0 Å². The second-order valence-electron chi connectivity index (χ2n) is 5.64. The van der Waals surface area contributed by atoms with E-state index in [0.717, 1.165) is 6.42 Å². The fourth-order valence-electron chi connectivity index (χ4n) is 2.19. The van der Waals surface area contributed by atoms with Gasteiger partial charge in [-0.1, -0.05) is 6.92 Å². The lowest BCUT2D eigenvalue weighted by Gasteiger charge is -2.11. The molecule has 0 bridgehead atoms. The molecule has 0 atom stereocenters. The number of hydrogen-bond donors (Lipinski definition) is 2. The van der Waals surface area contributed by atoms with Crippen molar-refractivity contribution in [2.24, 2.45) is 10.8 Å². The van der Waals surface area contributed by atoms with E-state index in [2.05, 4.69) is 10.5 Å². The van der Waals surface area contributed by atoms with Gasteiger partial charge in [0.1, 0.15) is 5.75 Å². The first-order valence-electron chi connectivity index (χ1n) is 8.83. The van der Waals surface area contributed by atoms with Crippen molar-refractivity contribution in [2.75, 3.05) is 13.2 Å². The molecule has 0 spiro atoms. The highest BCUT2D eigenvalue weighted by molar-refractivity contribution is 5.91. The molecule has 2 aromatic rings. The van der Waals surface area contributed by atoms with Gasteiger partial charge in [-0.3, -0.25) is 0 Å². The number of nitrogens with zero attached hydrogens (tertiary/aromatic N) is 1. The van der Waals surface area contributed by atoms with Crippen LogP contribution in [0.3, 0.4) is 0 Å². The van der Waals surface area contributed by atoms with Crippen molar-refractivity contribution < 1.29 is 23.8 Å². The van der Waals surface area contributed by atoms with Gasteiger partial charge in [0.25, 0.3) is 0 Å². The lowest BCUT2D eigenvalue weighted by molar-refractivity contribution is 0.0728. The maximum absolute atomic E-state index is 12.4. The maximum Gasteiger partial charge on any atom is 0.343 e. The molecule has 8 nitrogen and oxygen atoms in total. The molecule has 0 fully saturated rings. The number of esters is 1. The molecule has 0 aliphatic heterocycles. The maximum atomic E-state index is 12.4. The highest BCUT2D eigenvalue weighted by Gasteiger charge is 2.13. The monoisotopic (exact) mass is 385 g/mol. The number of rotatable bonds is 9. The Bertz CT molecular complexity index is 834. The molecule has 0 aromatic heterocycles. The van der Waals surface area contributed by atoms with Crippen LogP contribution in [0.1, 0.15) is 36.2 Å². The summed E-state index contributed by atoms with van der Waals surface area (Å²) in [4.78, 5) is 23.1. The molecule has 0 unspecified atom stereocenters. The number of primary amides is 1. The van der Waals surface area contributed by atoms with Gasteiger partial charge in [-0.25, -0.2) is 15.0 Å². The summed E-state index contributed by atoms with van der Waals surface area (Å²) in [6.07, 6.45) is 2.30. The fraction of sp³-hybridized carbons (Fsp3) is 0.250. The third kappa shape index (κ3) is 6.31. The first-order valence-corrected chi connectivity index (χ1v) is 8.83. The fourth-order valence-corrected chi connectivity index (χ4v) is 2.19. The molecule has 28 heavy (non-hydrogen) atoms. The van der Waals surface area contributed by atoms with Gasteiger partial charge >= 0.3 is 12.0 Å². The molecule has 8 heteroatoms. The zero-order chi connectivity index (χ0) is 20.4. The summed E-state index contributed by atoms with van der Waals surface area (Å²) in [7, 11) is 0. The number of carbonyl (C=O) groups is 2. The number of benzene rings is 2. The molecule has 2 aromatic carbocycles. The molecule has 0 saturated carbocycles. The zero-order valence-corrected chi connectivity index (χ0v) is 15.8. The van der Waals surface area contributed by atoms with Crippen molar-refractivity contribution in [3.63, 3.8) is 0 Å². The van der Waals surface area contributed by atoms with E-state index in [-0.39, 0.29) is 5.75 Å². The van der Waals surface area contributed by atoms with Crippen molar-refractivity contribution in [3.05, 3.63) is 53.6 Å². The van der Waals surface area contributed by atoms with Gasteiger partial charge in [-0.05, 0) is 61.4 Å². The second-order valence-corrected chi connectivity index (χ2v) is 5.64. The van der Waals surface area contributed by atoms with Crippen LogP contribution in [-0.4, -0.2) is 31.4 Å². The van der Waals surface area contributed by atoms with Crippen LogP contribution in [0.4, 0.5) is 4.79 Å². The summed E-state index contributed by atoms with van der Waals surface area (Å²) in [5, 5.41) is 3.69. The minimum atomic E-state index is -0.766. The molecule has 0 radical (unpaired) electrons. The average Bonchev–Trinajstić information content (AvgIpc) is 2.68. The molecule has 148 valence electrons. The highest BCUT2D eigenvalue weighted by atomic mass is 16.6. The molecule has 0 aliphatic carbocycles. The van der Waals surface area contributed by atoms with Crippen LogP contribution in [0.5, 0.6) is 17.2 Å². The van der Waals surface area contributed by atoms with Gasteiger partial charge in [0.05, 0.1) is 25.0 Å². The Morgan fingerprint density at radius 1 is 1.07 bits per heavy atom. The third-order valence-corrected chi connectivity index (χ3v) is 3.42. The van der Waals surface area contributed by atoms with Gasteiger partial charge in [-0.15, -0.1) is 0 Å². The SMILES string of the molecule is CCCOc1ccc(C(=O)Oc2ccc(/C=N/NC(N)=O)cc2OCC)cc1. The predicted octanol–water partition coefficient (Wildman–Crippen LogP) is 3.10. The molecule has 0 saturated heterocycles.